The monoisotopic (exact) mass is 265 g/mol. The second-order valence-corrected chi connectivity index (χ2v) is 6.39. The molecule has 3 heteroatoms. The molecule has 0 aliphatic heterocycles. The van der Waals surface area contributed by atoms with Gasteiger partial charge in [0.05, 0.1) is 6.61 Å². The lowest BCUT2D eigenvalue weighted by atomic mass is 10.1. The Morgan fingerprint density at radius 1 is 1.33 bits per heavy atom. The summed E-state index contributed by atoms with van der Waals surface area (Å²) in [7, 11) is 0. The highest BCUT2D eigenvalue weighted by molar-refractivity contribution is 8.00. The second kappa shape index (κ2) is 6.60. The Bertz CT molecular complexity index is 394. The smallest absolute Gasteiger partial charge is 0.0568 e. The molecule has 0 spiro atoms. The predicted molar refractivity (Wildman–Crippen MR) is 78.1 cm³/mol. The van der Waals surface area contributed by atoms with E-state index in [1.165, 1.54) is 35.3 Å². The van der Waals surface area contributed by atoms with Gasteiger partial charge in [-0.05, 0) is 48.9 Å². The Kier molecular flexibility index (Phi) is 5.10. The average Bonchev–Trinajstić information content (AvgIpc) is 2.83. The number of thioether (sulfide) groups is 1. The van der Waals surface area contributed by atoms with E-state index < -0.39 is 0 Å². The highest BCUT2D eigenvalue weighted by Crippen LogP contribution is 2.31. The van der Waals surface area contributed by atoms with Gasteiger partial charge in [0.25, 0.3) is 0 Å². The van der Waals surface area contributed by atoms with Gasteiger partial charge < -0.3 is 10.8 Å². The largest absolute Gasteiger partial charge is 0.395 e. The van der Waals surface area contributed by atoms with Crippen molar-refractivity contribution in [2.75, 3.05) is 6.61 Å². The van der Waals surface area contributed by atoms with Crippen LogP contribution in [0.5, 0.6) is 0 Å². The Morgan fingerprint density at radius 3 is 2.83 bits per heavy atom. The topological polar surface area (TPSA) is 46.2 Å². The number of fused-ring (bicyclic) bond motifs is 1. The molecular weight excluding hydrogens is 242 g/mol. The molecule has 2 atom stereocenters. The van der Waals surface area contributed by atoms with Crippen LogP contribution in [0.15, 0.2) is 23.1 Å². The summed E-state index contributed by atoms with van der Waals surface area (Å²) in [6.07, 6.45) is 5.75. The molecule has 1 aliphatic carbocycles. The molecule has 0 saturated heterocycles. The van der Waals surface area contributed by atoms with Gasteiger partial charge in [-0.15, -0.1) is 11.8 Å². The number of aliphatic hydroxyl groups excluding tert-OH is 1. The summed E-state index contributed by atoms with van der Waals surface area (Å²) in [5.41, 5.74) is 9.10. The van der Waals surface area contributed by atoms with Crippen molar-refractivity contribution >= 4 is 11.8 Å². The van der Waals surface area contributed by atoms with Crippen LogP contribution in [0.25, 0.3) is 0 Å². The maximum absolute atomic E-state index is 9.48. The first kappa shape index (κ1) is 13.9. The van der Waals surface area contributed by atoms with Crippen LogP contribution in [0.2, 0.25) is 0 Å². The first-order chi connectivity index (χ1) is 8.74. The summed E-state index contributed by atoms with van der Waals surface area (Å²) >= 11 is 1.73. The fourth-order valence-electron chi connectivity index (χ4n) is 2.58. The van der Waals surface area contributed by atoms with Crippen LogP contribution in [0.4, 0.5) is 0 Å². The highest BCUT2D eigenvalue weighted by atomic mass is 32.2. The molecular formula is C15H23NOS. The van der Waals surface area contributed by atoms with Gasteiger partial charge in [0.2, 0.25) is 0 Å². The normalized spacial score (nSPS) is 17.5. The maximum atomic E-state index is 9.48. The molecule has 0 bridgehead atoms. The van der Waals surface area contributed by atoms with Crippen LogP contribution >= 0.6 is 11.8 Å². The number of aliphatic hydroxyl groups is 1. The number of hydrogen-bond acceptors (Lipinski definition) is 3. The number of benzene rings is 1. The molecule has 0 radical (unpaired) electrons. The molecule has 0 heterocycles. The quantitative estimate of drug-likeness (QED) is 0.778. The Labute approximate surface area is 114 Å². The van der Waals surface area contributed by atoms with Crippen LogP contribution in [0.3, 0.4) is 0 Å². The molecule has 2 unspecified atom stereocenters. The van der Waals surface area contributed by atoms with E-state index in [1.807, 2.05) is 0 Å². The predicted octanol–water partition coefficient (Wildman–Crippen LogP) is 2.76. The SMILES string of the molecule is CCCC(N)C(CO)Sc1ccc2c(c1)CCC2. The van der Waals surface area contributed by atoms with Gasteiger partial charge in [0.15, 0.2) is 0 Å². The highest BCUT2D eigenvalue weighted by Gasteiger charge is 2.19. The minimum atomic E-state index is 0.0817. The maximum Gasteiger partial charge on any atom is 0.0568 e. The summed E-state index contributed by atoms with van der Waals surface area (Å²) in [4.78, 5) is 1.25. The molecule has 0 amide bonds. The Morgan fingerprint density at radius 2 is 2.11 bits per heavy atom. The molecule has 2 nitrogen and oxygen atoms in total. The van der Waals surface area contributed by atoms with Gasteiger partial charge in [-0.2, -0.15) is 0 Å². The molecule has 0 aromatic heterocycles. The molecule has 1 aliphatic rings. The third-order valence-corrected chi connectivity index (χ3v) is 4.96. The fraction of sp³-hybridized carbons (Fsp3) is 0.600. The van der Waals surface area contributed by atoms with E-state index in [4.69, 9.17) is 5.73 Å². The van der Waals surface area contributed by atoms with E-state index in [0.29, 0.717) is 0 Å². The molecule has 1 aromatic carbocycles. The van der Waals surface area contributed by atoms with Crippen LogP contribution in [-0.4, -0.2) is 23.0 Å². The van der Waals surface area contributed by atoms with Crippen molar-refractivity contribution in [3.63, 3.8) is 0 Å². The summed E-state index contributed by atoms with van der Waals surface area (Å²) in [6.45, 7) is 2.29. The average molecular weight is 265 g/mol. The molecule has 0 fully saturated rings. The van der Waals surface area contributed by atoms with Crippen LogP contribution < -0.4 is 5.73 Å². The lowest BCUT2D eigenvalue weighted by Crippen LogP contribution is -2.34. The zero-order chi connectivity index (χ0) is 13.0. The lowest BCUT2D eigenvalue weighted by molar-refractivity contribution is 0.279. The van der Waals surface area contributed by atoms with Gasteiger partial charge in [0, 0.05) is 16.2 Å². The van der Waals surface area contributed by atoms with E-state index in [9.17, 15) is 5.11 Å². The minimum absolute atomic E-state index is 0.0817. The number of nitrogens with two attached hydrogens (primary N) is 1. The molecule has 100 valence electrons. The van der Waals surface area contributed by atoms with Crippen molar-refractivity contribution in [1.29, 1.82) is 0 Å². The summed E-state index contributed by atoms with van der Waals surface area (Å²) in [6, 6.07) is 6.79. The van der Waals surface area contributed by atoms with Crippen molar-refractivity contribution in [3.8, 4) is 0 Å². The van der Waals surface area contributed by atoms with Gasteiger partial charge in [-0.25, -0.2) is 0 Å². The van der Waals surface area contributed by atoms with Crippen LogP contribution in [-0.2, 0) is 12.8 Å². The van der Waals surface area contributed by atoms with Gasteiger partial charge in [-0.1, -0.05) is 19.4 Å². The molecule has 2 rings (SSSR count). The minimum Gasteiger partial charge on any atom is -0.395 e. The molecule has 18 heavy (non-hydrogen) atoms. The van der Waals surface area contributed by atoms with E-state index >= 15 is 0 Å². The standard InChI is InChI=1S/C15H23NOS/c1-2-4-14(16)15(10-17)18-13-8-7-11-5-3-6-12(11)9-13/h7-9,14-15,17H,2-6,10,16H2,1H3. The van der Waals surface area contributed by atoms with E-state index in [-0.39, 0.29) is 17.9 Å². The summed E-state index contributed by atoms with van der Waals surface area (Å²) in [5, 5.41) is 9.59. The molecule has 3 N–H and O–H groups in total. The van der Waals surface area contributed by atoms with Gasteiger partial charge in [0.1, 0.15) is 0 Å². The Balaban J connectivity index is 2.03. The lowest BCUT2D eigenvalue weighted by Gasteiger charge is -2.21. The third kappa shape index (κ3) is 3.28. The van der Waals surface area contributed by atoms with Gasteiger partial charge >= 0.3 is 0 Å². The second-order valence-electron chi connectivity index (χ2n) is 5.08. The van der Waals surface area contributed by atoms with Crippen LogP contribution in [0, 0.1) is 0 Å². The molecule has 0 saturated carbocycles. The zero-order valence-corrected chi connectivity index (χ0v) is 11.9. The first-order valence-corrected chi connectivity index (χ1v) is 7.77. The Hall–Kier alpha value is -0.510. The van der Waals surface area contributed by atoms with Crippen molar-refractivity contribution < 1.29 is 5.11 Å². The number of aryl methyl sites for hydroxylation is 2. The van der Waals surface area contributed by atoms with Crippen molar-refractivity contribution in [2.45, 2.75) is 55.2 Å². The van der Waals surface area contributed by atoms with Crippen molar-refractivity contribution in [3.05, 3.63) is 29.3 Å². The summed E-state index contributed by atoms with van der Waals surface area (Å²) in [5.74, 6) is 0. The van der Waals surface area contributed by atoms with E-state index in [1.54, 1.807) is 11.8 Å². The van der Waals surface area contributed by atoms with E-state index in [2.05, 4.69) is 25.1 Å². The van der Waals surface area contributed by atoms with E-state index in [0.717, 1.165) is 12.8 Å². The summed E-state index contributed by atoms with van der Waals surface area (Å²) < 4.78 is 0. The number of rotatable bonds is 6. The van der Waals surface area contributed by atoms with Crippen molar-refractivity contribution in [2.24, 2.45) is 5.73 Å². The fourth-order valence-corrected chi connectivity index (χ4v) is 3.67. The first-order valence-electron chi connectivity index (χ1n) is 6.89. The third-order valence-electron chi connectivity index (χ3n) is 3.64. The number of hydrogen-bond donors (Lipinski definition) is 2. The molecule has 1 aromatic rings. The van der Waals surface area contributed by atoms with Crippen molar-refractivity contribution in [1.82, 2.24) is 0 Å². The van der Waals surface area contributed by atoms with Gasteiger partial charge in [-0.3, -0.25) is 0 Å². The zero-order valence-electron chi connectivity index (χ0n) is 11.1. The van der Waals surface area contributed by atoms with Crippen LogP contribution in [0.1, 0.15) is 37.3 Å².